The van der Waals surface area contributed by atoms with Gasteiger partial charge in [-0.1, -0.05) is 44.4 Å². The fourth-order valence-electron chi connectivity index (χ4n) is 3.47. The molecule has 3 fully saturated rings. The van der Waals surface area contributed by atoms with Gasteiger partial charge in [0.1, 0.15) is 0 Å². The summed E-state index contributed by atoms with van der Waals surface area (Å²) in [6.07, 6.45) is 8.13. The van der Waals surface area contributed by atoms with Crippen molar-refractivity contribution in [3.63, 3.8) is 0 Å². The maximum absolute atomic E-state index is 10.8. The van der Waals surface area contributed by atoms with E-state index in [2.05, 4.69) is 16.6 Å². The zero-order valence-corrected chi connectivity index (χ0v) is 17.7. The van der Waals surface area contributed by atoms with E-state index in [4.69, 9.17) is 9.84 Å². The predicted molar refractivity (Wildman–Crippen MR) is 112 cm³/mol. The van der Waals surface area contributed by atoms with Crippen LogP contribution in [0.25, 0.3) is 0 Å². The van der Waals surface area contributed by atoms with Crippen LogP contribution in [0, 0.1) is 5.92 Å². The molecule has 0 radical (unpaired) electrons. The summed E-state index contributed by atoms with van der Waals surface area (Å²) in [6.45, 7) is 5.17. The van der Waals surface area contributed by atoms with Gasteiger partial charge in [-0.05, 0) is 50.3 Å². The highest BCUT2D eigenvalue weighted by atomic mass is 16.5. The van der Waals surface area contributed by atoms with Gasteiger partial charge < -0.3 is 14.6 Å². The number of esters is 1. The fraction of sp³-hybridized carbons (Fsp3) is 0.652. The van der Waals surface area contributed by atoms with E-state index in [1.165, 1.54) is 39.2 Å². The Morgan fingerprint density at radius 2 is 1.76 bits per heavy atom. The van der Waals surface area contributed by atoms with Gasteiger partial charge in [-0.25, -0.2) is 9.59 Å². The molecule has 162 valence electrons. The quantitative estimate of drug-likeness (QED) is 0.766. The van der Waals surface area contributed by atoms with Crippen LogP contribution in [-0.2, 0) is 14.3 Å². The molecule has 1 aliphatic carbocycles. The molecule has 2 unspecified atom stereocenters. The van der Waals surface area contributed by atoms with E-state index < -0.39 is 12.1 Å². The van der Waals surface area contributed by atoms with E-state index in [0.717, 1.165) is 25.4 Å². The third-order valence-electron chi connectivity index (χ3n) is 5.28. The number of benzene rings is 1. The summed E-state index contributed by atoms with van der Waals surface area (Å²) in [5.41, 5.74) is 0.588. The Morgan fingerprint density at radius 1 is 1.07 bits per heavy atom. The summed E-state index contributed by atoms with van der Waals surface area (Å²) in [7, 11) is 1.37. The highest BCUT2D eigenvalue weighted by Gasteiger charge is 2.31. The lowest BCUT2D eigenvalue weighted by molar-refractivity contribution is -0.156. The van der Waals surface area contributed by atoms with Gasteiger partial charge in [0.15, 0.2) is 6.10 Å². The molecular formula is C23H35NO5. The number of carbonyl (C=O) groups excluding carboxylic acids is 1. The van der Waals surface area contributed by atoms with Crippen LogP contribution >= 0.6 is 0 Å². The Hall–Kier alpha value is -1.92. The number of aliphatic carboxylic acids is 1. The lowest BCUT2D eigenvalue weighted by Crippen LogP contribution is -2.48. The Bertz CT molecular complexity index is 608. The molecule has 2 saturated heterocycles. The van der Waals surface area contributed by atoms with E-state index in [0.29, 0.717) is 24.6 Å². The number of carbonyl (C=O) groups is 2. The molecule has 3 aliphatic rings. The number of carboxylic acids is 1. The SMILES string of the molecule is C1CC1.CC1CCCN(C2CC[C@H](C(=O)O)OC2)C1.COC(=O)c1ccccc1. The van der Waals surface area contributed by atoms with Gasteiger partial charge in [-0.3, -0.25) is 4.90 Å². The number of rotatable bonds is 3. The van der Waals surface area contributed by atoms with E-state index >= 15 is 0 Å². The summed E-state index contributed by atoms with van der Waals surface area (Å²) in [5.74, 6) is -0.336. The standard InChI is InChI=1S/C12H21NO3.C8H8O2.C3H6/c1-9-3-2-6-13(7-9)10-4-5-11(12(14)15)16-8-10;1-10-8(9)7-5-3-2-4-6-7;1-2-3-1/h9-11H,2-8H2,1H3,(H,14,15);2-6H,1H3;1-3H2/t9?,10?,11-;;/m1../s1. The van der Waals surface area contributed by atoms with Crippen molar-refractivity contribution in [2.24, 2.45) is 5.92 Å². The molecule has 1 aromatic rings. The number of ether oxygens (including phenoxy) is 2. The normalized spacial score (nSPS) is 26.1. The second-order valence-electron chi connectivity index (χ2n) is 8.05. The first kappa shape index (κ1) is 23.4. The highest BCUT2D eigenvalue weighted by Crippen LogP contribution is 2.24. The summed E-state index contributed by atoms with van der Waals surface area (Å²) < 4.78 is 9.90. The first-order valence-corrected chi connectivity index (χ1v) is 10.7. The molecule has 6 heteroatoms. The molecule has 1 aromatic carbocycles. The van der Waals surface area contributed by atoms with Crippen LogP contribution in [0.3, 0.4) is 0 Å². The van der Waals surface area contributed by atoms with E-state index in [1.807, 2.05) is 6.07 Å². The Morgan fingerprint density at radius 3 is 2.24 bits per heavy atom. The van der Waals surface area contributed by atoms with Gasteiger partial charge in [0.2, 0.25) is 0 Å². The van der Waals surface area contributed by atoms with Crippen LogP contribution in [0.4, 0.5) is 0 Å². The van der Waals surface area contributed by atoms with Crippen molar-refractivity contribution in [3.05, 3.63) is 35.9 Å². The molecule has 2 aliphatic heterocycles. The monoisotopic (exact) mass is 405 g/mol. The van der Waals surface area contributed by atoms with E-state index in [1.54, 1.807) is 24.3 Å². The third-order valence-corrected chi connectivity index (χ3v) is 5.28. The highest BCUT2D eigenvalue weighted by molar-refractivity contribution is 5.89. The first-order chi connectivity index (χ1) is 14.0. The van der Waals surface area contributed by atoms with Crippen molar-refractivity contribution in [2.75, 3.05) is 26.8 Å². The zero-order chi connectivity index (χ0) is 21.1. The van der Waals surface area contributed by atoms with Crippen LogP contribution in [-0.4, -0.2) is 60.9 Å². The zero-order valence-electron chi connectivity index (χ0n) is 17.7. The molecular weight excluding hydrogens is 370 g/mol. The number of piperidine rings is 1. The van der Waals surface area contributed by atoms with Crippen LogP contribution in [0.2, 0.25) is 0 Å². The molecule has 2 heterocycles. The summed E-state index contributed by atoms with van der Waals surface area (Å²) in [5, 5.41) is 8.84. The summed E-state index contributed by atoms with van der Waals surface area (Å²) >= 11 is 0. The molecule has 0 bridgehead atoms. The second-order valence-corrected chi connectivity index (χ2v) is 8.05. The van der Waals surface area contributed by atoms with Gasteiger partial charge in [-0.15, -0.1) is 0 Å². The van der Waals surface area contributed by atoms with Crippen molar-refractivity contribution in [1.29, 1.82) is 0 Å². The predicted octanol–water partition coefficient (Wildman–Crippen LogP) is 3.99. The Kier molecular flexibility index (Phi) is 10.2. The molecule has 6 nitrogen and oxygen atoms in total. The van der Waals surface area contributed by atoms with Crippen molar-refractivity contribution >= 4 is 11.9 Å². The minimum atomic E-state index is -0.814. The third kappa shape index (κ3) is 8.96. The molecule has 0 aromatic heterocycles. The lowest BCUT2D eigenvalue weighted by Gasteiger charge is -2.39. The minimum absolute atomic E-state index is 0.291. The largest absolute Gasteiger partial charge is 0.479 e. The molecule has 1 saturated carbocycles. The number of methoxy groups -OCH3 is 1. The van der Waals surface area contributed by atoms with Crippen molar-refractivity contribution in [2.45, 2.75) is 64.0 Å². The van der Waals surface area contributed by atoms with Gasteiger partial charge in [0, 0.05) is 12.6 Å². The van der Waals surface area contributed by atoms with Crippen LogP contribution < -0.4 is 0 Å². The number of carboxylic acid groups (broad SMARTS) is 1. The molecule has 4 rings (SSSR count). The second kappa shape index (κ2) is 12.6. The van der Waals surface area contributed by atoms with Gasteiger partial charge in [0.25, 0.3) is 0 Å². The van der Waals surface area contributed by atoms with Gasteiger partial charge in [-0.2, -0.15) is 0 Å². The first-order valence-electron chi connectivity index (χ1n) is 10.7. The Labute approximate surface area is 174 Å². The molecule has 1 N–H and O–H groups in total. The molecule has 0 amide bonds. The van der Waals surface area contributed by atoms with Crippen molar-refractivity contribution < 1.29 is 24.2 Å². The maximum atomic E-state index is 10.8. The van der Waals surface area contributed by atoms with Gasteiger partial charge in [0.05, 0.1) is 19.3 Å². The number of likely N-dealkylation sites (tertiary alicyclic amines) is 1. The molecule has 29 heavy (non-hydrogen) atoms. The number of nitrogens with zero attached hydrogens (tertiary/aromatic N) is 1. The molecule has 3 atom stereocenters. The molecule has 0 spiro atoms. The average Bonchev–Trinajstić information content (AvgIpc) is 3.64. The van der Waals surface area contributed by atoms with Crippen molar-refractivity contribution in [3.8, 4) is 0 Å². The number of hydrogen-bond acceptors (Lipinski definition) is 5. The fourth-order valence-corrected chi connectivity index (χ4v) is 3.47. The van der Waals surface area contributed by atoms with Gasteiger partial charge >= 0.3 is 11.9 Å². The summed E-state index contributed by atoms with van der Waals surface area (Å²) in [4.78, 5) is 24.0. The maximum Gasteiger partial charge on any atom is 0.337 e. The lowest BCUT2D eigenvalue weighted by atomic mass is 9.96. The average molecular weight is 406 g/mol. The minimum Gasteiger partial charge on any atom is -0.479 e. The van der Waals surface area contributed by atoms with Crippen LogP contribution in [0.15, 0.2) is 30.3 Å². The summed E-state index contributed by atoms with van der Waals surface area (Å²) in [6, 6.07) is 9.32. The van der Waals surface area contributed by atoms with Crippen LogP contribution in [0.5, 0.6) is 0 Å². The van der Waals surface area contributed by atoms with Crippen molar-refractivity contribution in [1.82, 2.24) is 4.90 Å². The number of hydrogen-bond donors (Lipinski definition) is 1. The van der Waals surface area contributed by atoms with E-state index in [-0.39, 0.29) is 5.97 Å². The Balaban J connectivity index is 0.000000195. The van der Waals surface area contributed by atoms with Crippen LogP contribution in [0.1, 0.15) is 62.2 Å². The van der Waals surface area contributed by atoms with E-state index in [9.17, 15) is 9.59 Å². The topological polar surface area (TPSA) is 76.1 Å². The smallest absolute Gasteiger partial charge is 0.337 e.